The van der Waals surface area contributed by atoms with Gasteiger partial charge < -0.3 is 24.7 Å². The first-order valence-corrected chi connectivity index (χ1v) is 7.01. The Morgan fingerprint density at radius 3 is 2.26 bits per heavy atom. The number of hydrogen-bond donors (Lipinski definition) is 2. The van der Waals surface area contributed by atoms with Crippen LogP contribution < -0.4 is 14.8 Å². The Hall–Kier alpha value is -1.77. The van der Waals surface area contributed by atoms with Crippen LogP contribution in [-0.2, 0) is 4.84 Å². The van der Waals surface area contributed by atoms with Gasteiger partial charge in [0.15, 0.2) is 0 Å². The van der Waals surface area contributed by atoms with Crippen molar-refractivity contribution in [2.45, 2.75) is 26.0 Å². The summed E-state index contributed by atoms with van der Waals surface area (Å²) < 4.78 is 10.7. The number of aliphatic hydroxyl groups is 1. The standard InChI is InChI=1S/C14H22N2O6.ClH/c1-11(2)15-9-12(17)10-21-14-5-3-13(4-6-14)20-7-8-22-16(18)19;/h3-6,11-12,15,17H,7-10H2,1-2H3;1H. The van der Waals surface area contributed by atoms with Crippen LogP contribution in [0, 0.1) is 10.1 Å². The number of hydrogen-bond acceptors (Lipinski definition) is 7. The van der Waals surface area contributed by atoms with E-state index in [1.165, 1.54) is 0 Å². The summed E-state index contributed by atoms with van der Waals surface area (Å²) in [6.07, 6.45) is -0.586. The van der Waals surface area contributed by atoms with E-state index in [0.717, 1.165) is 0 Å². The molecule has 0 saturated heterocycles. The molecule has 8 nitrogen and oxygen atoms in total. The first kappa shape index (κ1) is 21.2. The van der Waals surface area contributed by atoms with Crippen molar-refractivity contribution in [3.63, 3.8) is 0 Å². The van der Waals surface area contributed by atoms with Gasteiger partial charge in [-0.2, -0.15) is 0 Å². The van der Waals surface area contributed by atoms with E-state index < -0.39 is 11.2 Å². The maximum Gasteiger partial charge on any atom is 0.294 e. The van der Waals surface area contributed by atoms with Crippen LogP contribution in [0.5, 0.6) is 11.5 Å². The van der Waals surface area contributed by atoms with E-state index in [9.17, 15) is 15.2 Å². The second kappa shape index (κ2) is 11.8. The quantitative estimate of drug-likeness (QED) is 0.353. The summed E-state index contributed by atoms with van der Waals surface area (Å²) in [4.78, 5) is 14.1. The minimum atomic E-state index is -0.861. The topological polar surface area (TPSA) is 103 Å². The van der Waals surface area contributed by atoms with E-state index in [2.05, 4.69) is 10.2 Å². The van der Waals surface area contributed by atoms with E-state index >= 15 is 0 Å². The second-order valence-corrected chi connectivity index (χ2v) is 4.90. The van der Waals surface area contributed by atoms with Gasteiger partial charge in [0.25, 0.3) is 5.09 Å². The zero-order valence-corrected chi connectivity index (χ0v) is 14.0. The van der Waals surface area contributed by atoms with Crippen LogP contribution in [-0.4, -0.2) is 48.7 Å². The lowest BCUT2D eigenvalue weighted by Gasteiger charge is -2.15. The Balaban J connectivity index is 0.00000484. The average molecular weight is 351 g/mol. The molecule has 0 saturated carbocycles. The predicted molar refractivity (Wildman–Crippen MR) is 86.8 cm³/mol. The fraction of sp³-hybridized carbons (Fsp3) is 0.571. The van der Waals surface area contributed by atoms with Gasteiger partial charge in [0.1, 0.15) is 37.4 Å². The van der Waals surface area contributed by atoms with E-state index in [0.29, 0.717) is 24.1 Å². The molecule has 0 heterocycles. The third-order valence-electron chi connectivity index (χ3n) is 2.58. The van der Waals surface area contributed by atoms with Crippen LogP contribution >= 0.6 is 12.4 Å². The van der Waals surface area contributed by atoms with E-state index in [1.807, 2.05) is 13.8 Å². The third kappa shape index (κ3) is 10.6. The Kier molecular flexibility index (Phi) is 10.8. The number of aliphatic hydroxyl groups excluding tert-OH is 1. The molecular formula is C14H23ClN2O6. The molecule has 132 valence electrons. The van der Waals surface area contributed by atoms with Gasteiger partial charge >= 0.3 is 0 Å². The zero-order valence-electron chi connectivity index (χ0n) is 13.1. The van der Waals surface area contributed by atoms with Crippen molar-refractivity contribution >= 4 is 12.4 Å². The van der Waals surface area contributed by atoms with Gasteiger partial charge in [-0.1, -0.05) is 13.8 Å². The summed E-state index contributed by atoms with van der Waals surface area (Å²) in [5.74, 6) is 1.17. The van der Waals surface area contributed by atoms with E-state index in [4.69, 9.17) is 9.47 Å². The van der Waals surface area contributed by atoms with Gasteiger partial charge in [0.2, 0.25) is 0 Å². The molecule has 0 aliphatic heterocycles. The highest BCUT2D eigenvalue weighted by molar-refractivity contribution is 5.85. The van der Waals surface area contributed by atoms with Crippen LogP contribution in [0.15, 0.2) is 24.3 Å². The Labute approximate surface area is 141 Å². The minimum Gasteiger partial charge on any atom is -0.492 e. The van der Waals surface area contributed by atoms with Crippen molar-refractivity contribution in [2.75, 3.05) is 26.4 Å². The zero-order chi connectivity index (χ0) is 16.4. The van der Waals surface area contributed by atoms with E-state index in [1.54, 1.807) is 24.3 Å². The lowest BCUT2D eigenvalue weighted by molar-refractivity contribution is -0.757. The number of nitrogens with one attached hydrogen (secondary N) is 1. The average Bonchev–Trinajstić information content (AvgIpc) is 2.48. The molecule has 1 rings (SSSR count). The number of halogens is 1. The summed E-state index contributed by atoms with van der Waals surface area (Å²) in [6, 6.07) is 7.07. The van der Waals surface area contributed by atoms with Crippen LogP contribution in [0.4, 0.5) is 0 Å². The smallest absolute Gasteiger partial charge is 0.294 e. The molecule has 1 aromatic rings. The summed E-state index contributed by atoms with van der Waals surface area (Å²) in [6.45, 7) is 4.62. The summed E-state index contributed by atoms with van der Waals surface area (Å²) in [5, 5.41) is 21.9. The maximum absolute atomic E-state index is 9.95. The van der Waals surface area contributed by atoms with Crippen LogP contribution in [0.2, 0.25) is 0 Å². The van der Waals surface area contributed by atoms with Gasteiger partial charge in [-0.25, -0.2) is 0 Å². The fourth-order valence-corrected chi connectivity index (χ4v) is 1.53. The van der Waals surface area contributed by atoms with Crippen LogP contribution in [0.25, 0.3) is 0 Å². The first-order chi connectivity index (χ1) is 10.5. The molecule has 2 N–H and O–H groups in total. The number of nitrogens with zero attached hydrogens (tertiary/aromatic N) is 1. The normalized spacial score (nSPS) is 11.5. The second-order valence-electron chi connectivity index (χ2n) is 4.90. The largest absolute Gasteiger partial charge is 0.492 e. The molecule has 0 amide bonds. The highest BCUT2D eigenvalue weighted by atomic mass is 35.5. The van der Waals surface area contributed by atoms with Gasteiger partial charge in [-0.3, -0.25) is 0 Å². The Morgan fingerprint density at radius 1 is 1.17 bits per heavy atom. The molecule has 1 unspecified atom stereocenters. The lowest BCUT2D eigenvalue weighted by atomic mass is 10.3. The van der Waals surface area contributed by atoms with Crippen LogP contribution in [0.3, 0.4) is 0 Å². The van der Waals surface area contributed by atoms with Crippen molar-refractivity contribution in [3.05, 3.63) is 34.4 Å². The monoisotopic (exact) mass is 350 g/mol. The molecule has 0 fully saturated rings. The highest BCUT2D eigenvalue weighted by Crippen LogP contribution is 2.17. The maximum atomic E-state index is 9.95. The van der Waals surface area contributed by atoms with Gasteiger partial charge in [-0.15, -0.1) is 22.5 Å². The summed E-state index contributed by atoms with van der Waals surface area (Å²) in [7, 11) is 0. The molecule has 1 aromatic carbocycles. The van der Waals surface area contributed by atoms with Crippen molar-refractivity contribution in [1.29, 1.82) is 0 Å². The number of rotatable bonds is 11. The molecule has 0 bridgehead atoms. The Bertz CT molecular complexity index is 443. The lowest BCUT2D eigenvalue weighted by Crippen LogP contribution is -2.35. The SMILES string of the molecule is CC(C)NCC(O)COc1ccc(OCCO[N+](=O)[O-])cc1.Cl. The van der Waals surface area contributed by atoms with Crippen molar-refractivity contribution in [2.24, 2.45) is 0 Å². The Morgan fingerprint density at radius 2 is 1.74 bits per heavy atom. The molecule has 1 atom stereocenters. The molecule has 0 radical (unpaired) electrons. The molecule has 0 aromatic heterocycles. The molecule has 23 heavy (non-hydrogen) atoms. The molecule has 0 aliphatic carbocycles. The predicted octanol–water partition coefficient (Wildman–Crippen LogP) is 1.43. The van der Waals surface area contributed by atoms with Crippen molar-refractivity contribution in [1.82, 2.24) is 5.32 Å². The first-order valence-electron chi connectivity index (χ1n) is 7.01. The number of ether oxygens (including phenoxy) is 2. The molecular weight excluding hydrogens is 328 g/mol. The number of benzene rings is 1. The van der Waals surface area contributed by atoms with E-state index in [-0.39, 0.29) is 32.2 Å². The summed E-state index contributed by atoms with van der Waals surface area (Å²) >= 11 is 0. The van der Waals surface area contributed by atoms with Crippen molar-refractivity contribution < 1.29 is 24.5 Å². The minimum absolute atomic E-state index is 0. The van der Waals surface area contributed by atoms with Crippen LogP contribution in [0.1, 0.15) is 13.8 Å². The van der Waals surface area contributed by atoms with Crippen molar-refractivity contribution in [3.8, 4) is 11.5 Å². The van der Waals surface area contributed by atoms with Gasteiger partial charge in [0, 0.05) is 12.6 Å². The summed E-state index contributed by atoms with van der Waals surface area (Å²) in [5.41, 5.74) is 0. The molecule has 0 spiro atoms. The van der Waals surface area contributed by atoms with Gasteiger partial charge in [0.05, 0.1) is 0 Å². The third-order valence-corrected chi connectivity index (χ3v) is 2.58. The highest BCUT2D eigenvalue weighted by Gasteiger charge is 2.06. The van der Waals surface area contributed by atoms with Gasteiger partial charge in [-0.05, 0) is 24.3 Å². The fourth-order valence-electron chi connectivity index (χ4n) is 1.53. The molecule has 0 aliphatic rings. The molecule has 9 heteroatoms.